The van der Waals surface area contributed by atoms with Gasteiger partial charge in [-0.2, -0.15) is 5.10 Å². The van der Waals surface area contributed by atoms with E-state index in [1.807, 2.05) is 49.6 Å². The largest absolute Gasteiger partial charge is 0.322 e. The van der Waals surface area contributed by atoms with Crippen LogP contribution in [-0.2, 0) is 4.79 Å². The van der Waals surface area contributed by atoms with Crippen molar-refractivity contribution in [3.63, 3.8) is 0 Å². The van der Waals surface area contributed by atoms with Crippen molar-refractivity contribution in [2.75, 3.05) is 5.32 Å². The zero-order valence-corrected chi connectivity index (χ0v) is 18.6. The van der Waals surface area contributed by atoms with Gasteiger partial charge in [0.2, 0.25) is 5.91 Å². The van der Waals surface area contributed by atoms with Crippen LogP contribution in [0.3, 0.4) is 0 Å². The van der Waals surface area contributed by atoms with Gasteiger partial charge < -0.3 is 5.32 Å². The Morgan fingerprint density at radius 3 is 2.35 bits per heavy atom. The predicted octanol–water partition coefficient (Wildman–Crippen LogP) is 5.26. The Balaban J connectivity index is 1.31. The van der Waals surface area contributed by atoms with E-state index in [2.05, 4.69) is 47.0 Å². The molecule has 0 bridgehead atoms. The van der Waals surface area contributed by atoms with Crippen LogP contribution in [0.1, 0.15) is 51.2 Å². The lowest BCUT2D eigenvalue weighted by atomic mass is 10.1. The first-order chi connectivity index (χ1) is 14.9. The molecule has 31 heavy (non-hydrogen) atoms. The van der Waals surface area contributed by atoms with Gasteiger partial charge in [-0.25, -0.2) is 5.43 Å². The average Bonchev–Trinajstić information content (AvgIpc) is 3.45. The Labute approximate surface area is 186 Å². The monoisotopic (exact) mass is 431 g/mol. The van der Waals surface area contributed by atoms with Crippen molar-refractivity contribution in [3.8, 4) is 0 Å². The van der Waals surface area contributed by atoms with E-state index in [0.717, 1.165) is 16.9 Å². The van der Waals surface area contributed by atoms with Gasteiger partial charge in [0.05, 0.1) is 11.3 Å². The van der Waals surface area contributed by atoms with Crippen molar-refractivity contribution in [3.05, 3.63) is 87.1 Å². The molecule has 0 spiro atoms. The SMILES string of the molecule is C/C(=N/NC(=O)[C@H]1C[C@@H]1c1ccc(C)cc1)c1ccc(NC(=O)c2csc(C)c2)cc1. The Morgan fingerprint density at radius 2 is 1.71 bits per heavy atom. The fourth-order valence-electron chi connectivity index (χ4n) is 3.51. The van der Waals surface area contributed by atoms with E-state index in [1.54, 1.807) is 11.3 Å². The third-order valence-electron chi connectivity index (χ3n) is 5.52. The average molecular weight is 432 g/mol. The van der Waals surface area contributed by atoms with Gasteiger partial charge in [-0.3, -0.25) is 9.59 Å². The first-order valence-electron chi connectivity index (χ1n) is 10.3. The molecule has 1 fully saturated rings. The lowest BCUT2D eigenvalue weighted by Gasteiger charge is -2.06. The lowest BCUT2D eigenvalue weighted by Crippen LogP contribution is -2.21. The zero-order chi connectivity index (χ0) is 22.0. The molecule has 0 radical (unpaired) electrons. The number of anilines is 1. The van der Waals surface area contributed by atoms with E-state index in [0.29, 0.717) is 17.0 Å². The maximum absolute atomic E-state index is 12.4. The number of carbonyl (C=O) groups excluding carboxylic acids is 2. The van der Waals surface area contributed by atoms with Gasteiger partial charge in [-0.15, -0.1) is 11.3 Å². The minimum Gasteiger partial charge on any atom is -0.322 e. The van der Waals surface area contributed by atoms with Crippen molar-refractivity contribution < 1.29 is 9.59 Å². The highest BCUT2D eigenvalue weighted by atomic mass is 32.1. The molecule has 1 aromatic heterocycles. The number of hydrogen-bond acceptors (Lipinski definition) is 4. The smallest absolute Gasteiger partial charge is 0.256 e. The van der Waals surface area contributed by atoms with E-state index in [9.17, 15) is 9.59 Å². The molecule has 4 rings (SSSR count). The van der Waals surface area contributed by atoms with Crippen LogP contribution >= 0.6 is 11.3 Å². The molecule has 6 heteroatoms. The predicted molar refractivity (Wildman–Crippen MR) is 126 cm³/mol. The molecule has 2 atom stereocenters. The van der Waals surface area contributed by atoms with Crippen molar-refractivity contribution in [1.82, 2.24) is 5.43 Å². The fraction of sp³-hybridized carbons (Fsp3) is 0.240. The van der Waals surface area contributed by atoms with Crippen molar-refractivity contribution in [2.45, 2.75) is 33.1 Å². The number of amides is 2. The van der Waals surface area contributed by atoms with Gasteiger partial charge in [0.1, 0.15) is 0 Å². The van der Waals surface area contributed by atoms with Crippen LogP contribution < -0.4 is 10.7 Å². The summed E-state index contributed by atoms with van der Waals surface area (Å²) in [6.45, 7) is 5.89. The second-order valence-electron chi connectivity index (χ2n) is 8.01. The number of nitrogens with one attached hydrogen (secondary N) is 2. The summed E-state index contributed by atoms with van der Waals surface area (Å²) in [5.41, 5.74) is 8.11. The summed E-state index contributed by atoms with van der Waals surface area (Å²) in [4.78, 5) is 25.8. The summed E-state index contributed by atoms with van der Waals surface area (Å²) in [6, 6.07) is 17.7. The van der Waals surface area contributed by atoms with Crippen LogP contribution in [-0.4, -0.2) is 17.5 Å². The van der Waals surface area contributed by atoms with E-state index in [1.165, 1.54) is 11.1 Å². The van der Waals surface area contributed by atoms with Crippen molar-refractivity contribution in [2.24, 2.45) is 11.0 Å². The molecule has 1 heterocycles. The third-order valence-corrected chi connectivity index (χ3v) is 6.38. The summed E-state index contributed by atoms with van der Waals surface area (Å²) in [7, 11) is 0. The molecule has 158 valence electrons. The van der Waals surface area contributed by atoms with E-state index >= 15 is 0 Å². The fourth-order valence-corrected chi connectivity index (χ4v) is 4.20. The standard InChI is InChI=1S/C25H25N3O2S/c1-15-4-6-19(7-5-15)22-13-23(22)25(30)28-27-17(3)18-8-10-21(11-9-18)26-24(29)20-12-16(2)31-14-20/h4-12,14,22-23H,13H2,1-3H3,(H,26,29)(H,28,30)/b27-17-/t22-,23+/m1/s1. The number of thiophene rings is 1. The lowest BCUT2D eigenvalue weighted by molar-refractivity contribution is -0.122. The van der Waals surface area contributed by atoms with Gasteiger partial charge in [-0.05, 0) is 62.4 Å². The quantitative estimate of drug-likeness (QED) is 0.413. The van der Waals surface area contributed by atoms with Crippen LogP contribution in [0.15, 0.2) is 65.1 Å². The number of hydrazone groups is 1. The molecule has 1 aliphatic carbocycles. The minimum atomic E-state index is -0.123. The Hall–Kier alpha value is -3.25. The Bertz CT molecular complexity index is 1130. The van der Waals surface area contributed by atoms with Crippen LogP contribution in [0.4, 0.5) is 5.69 Å². The van der Waals surface area contributed by atoms with Gasteiger partial charge in [0.15, 0.2) is 0 Å². The van der Waals surface area contributed by atoms with E-state index in [4.69, 9.17) is 0 Å². The molecule has 1 saturated carbocycles. The van der Waals surface area contributed by atoms with E-state index < -0.39 is 0 Å². The Morgan fingerprint density at radius 1 is 1.00 bits per heavy atom. The third kappa shape index (κ3) is 5.09. The maximum Gasteiger partial charge on any atom is 0.256 e. The van der Waals surface area contributed by atoms with Gasteiger partial charge >= 0.3 is 0 Å². The van der Waals surface area contributed by atoms with Gasteiger partial charge in [0, 0.05) is 21.9 Å². The minimum absolute atomic E-state index is 0.0161. The highest BCUT2D eigenvalue weighted by Gasteiger charge is 2.43. The number of aryl methyl sites for hydroxylation is 2. The maximum atomic E-state index is 12.4. The number of benzene rings is 2. The van der Waals surface area contributed by atoms with Crippen LogP contribution in [0, 0.1) is 19.8 Å². The summed E-state index contributed by atoms with van der Waals surface area (Å²) in [5.74, 6) is 0.103. The number of carbonyl (C=O) groups is 2. The number of hydrogen-bond donors (Lipinski definition) is 2. The molecule has 5 nitrogen and oxygen atoms in total. The summed E-state index contributed by atoms with van der Waals surface area (Å²) < 4.78 is 0. The first kappa shape index (κ1) is 21.0. The number of nitrogens with zero attached hydrogens (tertiary/aromatic N) is 1. The normalized spacial score (nSPS) is 17.8. The molecule has 0 saturated heterocycles. The second kappa shape index (κ2) is 8.86. The van der Waals surface area contributed by atoms with Crippen LogP contribution in [0.5, 0.6) is 0 Å². The van der Waals surface area contributed by atoms with Crippen molar-refractivity contribution in [1.29, 1.82) is 0 Å². The van der Waals surface area contributed by atoms with Crippen molar-refractivity contribution >= 4 is 34.6 Å². The molecule has 0 unspecified atom stereocenters. The highest BCUT2D eigenvalue weighted by Crippen LogP contribution is 2.47. The molecule has 1 aliphatic rings. The van der Waals surface area contributed by atoms with Gasteiger partial charge in [0.25, 0.3) is 5.91 Å². The topological polar surface area (TPSA) is 70.6 Å². The number of rotatable bonds is 6. The molecule has 2 N–H and O–H groups in total. The Kier molecular flexibility index (Phi) is 6.00. The second-order valence-corrected chi connectivity index (χ2v) is 9.13. The molecule has 0 aliphatic heterocycles. The van der Waals surface area contributed by atoms with Gasteiger partial charge in [-0.1, -0.05) is 42.0 Å². The summed E-state index contributed by atoms with van der Waals surface area (Å²) >= 11 is 1.55. The molecular formula is C25H25N3O2S. The molecular weight excluding hydrogens is 406 g/mol. The van der Waals surface area contributed by atoms with E-state index in [-0.39, 0.29) is 23.7 Å². The molecule has 2 amide bonds. The van der Waals surface area contributed by atoms with Crippen LogP contribution in [0.25, 0.3) is 0 Å². The zero-order valence-electron chi connectivity index (χ0n) is 17.8. The van der Waals surface area contributed by atoms with Crippen LogP contribution in [0.2, 0.25) is 0 Å². The first-order valence-corrected chi connectivity index (χ1v) is 11.2. The molecule has 2 aromatic carbocycles. The molecule has 3 aromatic rings. The highest BCUT2D eigenvalue weighted by molar-refractivity contribution is 7.10. The summed E-state index contributed by atoms with van der Waals surface area (Å²) in [5, 5.41) is 9.01. The summed E-state index contributed by atoms with van der Waals surface area (Å²) in [6.07, 6.45) is 0.863.